The van der Waals surface area contributed by atoms with Gasteiger partial charge in [0.05, 0.1) is 0 Å². The van der Waals surface area contributed by atoms with Gasteiger partial charge in [0.25, 0.3) is 0 Å². The van der Waals surface area contributed by atoms with Crippen LogP contribution in [-0.2, 0) is 0 Å². The molecule has 17 heavy (non-hydrogen) atoms. The molecule has 1 heterocycles. The summed E-state index contributed by atoms with van der Waals surface area (Å²) in [6.45, 7) is 0. The topological polar surface area (TPSA) is 68.2 Å². The van der Waals surface area contributed by atoms with Crippen LogP contribution in [0.1, 0.15) is 0 Å². The zero-order valence-corrected chi connectivity index (χ0v) is 10.2. The molecule has 0 spiro atoms. The second-order valence-electron chi connectivity index (χ2n) is 3.74. The Balaban J connectivity index is 0.000000181. The lowest BCUT2D eigenvalue weighted by atomic mass is 10.3. The molecule has 4 nitrogen and oxygen atoms in total. The molecule has 2 rings (SSSR count). The minimum absolute atomic E-state index is 0.572. The van der Waals surface area contributed by atoms with Crippen LogP contribution in [0.15, 0.2) is 48.7 Å². The molecule has 0 amide bonds. The maximum Gasteiger partial charge on any atom is 0.123 e. The Labute approximate surface area is 102 Å². The Morgan fingerprint density at radius 2 is 1.59 bits per heavy atom. The minimum Gasteiger partial charge on any atom is -0.399 e. The highest BCUT2D eigenvalue weighted by molar-refractivity contribution is 5.51. The van der Waals surface area contributed by atoms with Crippen molar-refractivity contribution in [2.24, 2.45) is 0 Å². The largest absolute Gasteiger partial charge is 0.399 e. The molecule has 0 bridgehead atoms. The quantitative estimate of drug-likeness (QED) is 0.735. The number of hydrogen-bond acceptors (Lipinski definition) is 4. The van der Waals surface area contributed by atoms with Crippen LogP contribution >= 0.6 is 0 Å². The van der Waals surface area contributed by atoms with Gasteiger partial charge < -0.3 is 16.4 Å². The Morgan fingerprint density at radius 1 is 0.941 bits per heavy atom. The van der Waals surface area contributed by atoms with Crippen molar-refractivity contribution in [1.29, 1.82) is 0 Å². The van der Waals surface area contributed by atoms with Gasteiger partial charge in [-0.3, -0.25) is 0 Å². The van der Waals surface area contributed by atoms with E-state index in [0.29, 0.717) is 5.82 Å². The molecule has 2 aromatic rings. The molecule has 0 radical (unpaired) electrons. The van der Waals surface area contributed by atoms with E-state index in [1.165, 1.54) is 5.69 Å². The first-order valence-electron chi connectivity index (χ1n) is 5.29. The fourth-order valence-electron chi connectivity index (χ4n) is 1.15. The van der Waals surface area contributed by atoms with Crippen molar-refractivity contribution in [1.82, 2.24) is 4.98 Å². The number of nitrogen functional groups attached to an aromatic ring is 2. The van der Waals surface area contributed by atoms with Crippen molar-refractivity contribution in [2.45, 2.75) is 0 Å². The van der Waals surface area contributed by atoms with Crippen LogP contribution in [0.2, 0.25) is 0 Å². The fraction of sp³-hybridized carbons (Fsp3) is 0.154. The van der Waals surface area contributed by atoms with Gasteiger partial charge in [-0.05, 0) is 36.4 Å². The van der Waals surface area contributed by atoms with Crippen molar-refractivity contribution in [3.63, 3.8) is 0 Å². The first-order chi connectivity index (χ1) is 8.09. The van der Waals surface area contributed by atoms with Crippen molar-refractivity contribution < 1.29 is 0 Å². The van der Waals surface area contributed by atoms with E-state index in [1.807, 2.05) is 55.4 Å². The zero-order chi connectivity index (χ0) is 12.7. The average molecular weight is 230 g/mol. The Hall–Kier alpha value is -2.23. The molecule has 0 aliphatic heterocycles. The number of anilines is 3. The van der Waals surface area contributed by atoms with Crippen LogP contribution in [0.5, 0.6) is 0 Å². The van der Waals surface area contributed by atoms with Crippen molar-refractivity contribution >= 4 is 17.2 Å². The van der Waals surface area contributed by atoms with Gasteiger partial charge in [0.2, 0.25) is 0 Å². The van der Waals surface area contributed by atoms with Crippen molar-refractivity contribution in [3.05, 3.63) is 48.7 Å². The maximum absolute atomic E-state index is 5.51. The number of rotatable bonds is 1. The van der Waals surface area contributed by atoms with Crippen molar-refractivity contribution in [3.8, 4) is 0 Å². The molecule has 0 unspecified atom stereocenters. The summed E-state index contributed by atoms with van der Waals surface area (Å²) in [7, 11) is 4.01. The van der Waals surface area contributed by atoms with Gasteiger partial charge in [-0.1, -0.05) is 6.07 Å². The fourth-order valence-corrected chi connectivity index (χ4v) is 1.15. The molecule has 0 aliphatic carbocycles. The molecular formula is C13H18N4. The summed E-state index contributed by atoms with van der Waals surface area (Å²) in [6, 6.07) is 13.2. The van der Waals surface area contributed by atoms with Crippen molar-refractivity contribution in [2.75, 3.05) is 30.5 Å². The van der Waals surface area contributed by atoms with Gasteiger partial charge >= 0.3 is 0 Å². The summed E-state index contributed by atoms with van der Waals surface area (Å²) in [5.41, 5.74) is 12.7. The zero-order valence-electron chi connectivity index (χ0n) is 10.2. The van der Waals surface area contributed by atoms with E-state index >= 15 is 0 Å². The van der Waals surface area contributed by atoms with E-state index in [2.05, 4.69) is 4.98 Å². The van der Waals surface area contributed by atoms with Gasteiger partial charge in [0.15, 0.2) is 0 Å². The minimum atomic E-state index is 0.572. The molecule has 0 saturated carbocycles. The Morgan fingerprint density at radius 3 is 1.94 bits per heavy atom. The summed E-state index contributed by atoms with van der Waals surface area (Å²) >= 11 is 0. The van der Waals surface area contributed by atoms with E-state index in [4.69, 9.17) is 11.5 Å². The van der Waals surface area contributed by atoms with Crippen LogP contribution in [0.4, 0.5) is 17.2 Å². The lowest BCUT2D eigenvalue weighted by Crippen LogP contribution is -2.08. The molecule has 1 aromatic carbocycles. The second kappa shape index (κ2) is 6.37. The number of pyridine rings is 1. The van der Waals surface area contributed by atoms with Crippen LogP contribution in [-0.4, -0.2) is 19.1 Å². The van der Waals surface area contributed by atoms with Gasteiger partial charge in [-0.2, -0.15) is 0 Å². The van der Waals surface area contributed by atoms with E-state index in [9.17, 15) is 0 Å². The predicted octanol–water partition coefficient (Wildman–Crippen LogP) is 2.00. The summed E-state index contributed by atoms with van der Waals surface area (Å²) < 4.78 is 0. The molecule has 0 saturated heterocycles. The molecule has 1 aromatic heterocycles. The van der Waals surface area contributed by atoms with Gasteiger partial charge in [-0.25, -0.2) is 4.98 Å². The highest BCUT2D eigenvalue weighted by Crippen LogP contribution is 2.12. The summed E-state index contributed by atoms with van der Waals surface area (Å²) in [4.78, 5) is 5.80. The first kappa shape index (κ1) is 12.8. The van der Waals surface area contributed by atoms with E-state index < -0.39 is 0 Å². The standard InChI is InChI=1S/C8H12N2.C5H6N2/c1-10(2)8-5-3-7(9)4-6-8;6-5-3-1-2-4-7-5/h3-6H,9H2,1-2H3;1-4H,(H2,6,7). The molecule has 0 aliphatic rings. The average Bonchev–Trinajstić information content (AvgIpc) is 2.31. The van der Waals surface area contributed by atoms with E-state index in [0.717, 1.165) is 5.69 Å². The molecule has 4 heteroatoms. The third-order valence-corrected chi connectivity index (χ3v) is 2.10. The smallest absolute Gasteiger partial charge is 0.123 e. The van der Waals surface area contributed by atoms with Crippen LogP contribution in [0.25, 0.3) is 0 Å². The number of aromatic nitrogens is 1. The highest BCUT2D eigenvalue weighted by atomic mass is 15.1. The number of hydrogen-bond donors (Lipinski definition) is 2. The summed E-state index contributed by atoms with van der Waals surface area (Å²) in [6.07, 6.45) is 1.66. The Bertz CT molecular complexity index is 423. The molecule has 4 N–H and O–H groups in total. The number of nitrogens with two attached hydrogens (primary N) is 2. The molecule has 0 fully saturated rings. The SMILES string of the molecule is CN(C)c1ccc(N)cc1.Nc1ccccn1. The number of benzene rings is 1. The second-order valence-corrected chi connectivity index (χ2v) is 3.74. The molecule has 90 valence electrons. The molecule has 0 atom stereocenters. The molecular weight excluding hydrogens is 212 g/mol. The third-order valence-electron chi connectivity index (χ3n) is 2.10. The van der Waals surface area contributed by atoms with Gasteiger partial charge in [0, 0.05) is 31.7 Å². The van der Waals surface area contributed by atoms with Crippen LogP contribution < -0.4 is 16.4 Å². The normalized spacial score (nSPS) is 9.06. The summed E-state index contributed by atoms with van der Waals surface area (Å²) in [5, 5.41) is 0. The lowest BCUT2D eigenvalue weighted by Gasteiger charge is -2.11. The monoisotopic (exact) mass is 230 g/mol. The van der Waals surface area contributed by atoms with Gasteiger partial charge in [0.1, 0.15) is 5.82 Å². The van der Waals surface area contributed by atoms with Crippen LogP contribution in [0.3, 0.4) is 0 Å². The predicted molar refractivity (Wildman–Crippen MR) is 73.8 cm³/mol. The van der Waals surface area contributed by atoms with E-state index in [1.54, 1.807) is 12.3 Å². The maximum atomic E-state index is 5.51. The third kappa shape index (κ3) is 4.88. The summed E-state index contributed by atoms with van der Waals surface area (Å²) in [5.74, 6) is 0.572. The number of nitrogens with zero attached hydrogens (tertiary/aromatic N) is 2. The van der Waals surface area contributed by atoms with Gasteiger partial charge in [-0.15, -0.1) is 0 Å². The van der Waals surface area contributed by atoms with Crippen LogP contribution in [0, 0.1) is 0 Å². The Kier molecular flexibility index (Phi) is 4.81. The van der Waals surface area contributed by atoms with E-state index in [-0.39, 0.29) is 0 Å². The first-order valence-corrected chi connectivity index (χ1v) is 5.29. The highest BCUT2D eigenvalue weighted by Gasteiger charge is 1.91. The lowest BCUT2D eigenvalue weighted by molar-refractivity contribution is 1.13.